The van der Waals surface area contributed by atoms with Gasteiger partial charge in [0.25, 0.3) is 5.91 Å². The highest BCUT2D eigenvalue weighted by Gasteiger charge is 2.17. The largest absolute Gasteiger partial charge is 0.356 e. The van der Waals surface area contributed by atoms with Crippen molar-refractivity contribution in [2.75, 3.05) is 0 Å². The lowest BCUT2D eigenvalue weighted by Gasteiger charge is -2.14. The summed E-state index contributed by atoms with van der Waals surface area (Å²) in [5, 5.41) is 11.0. The smallest absolute Gasteiger partial charge is 0.251 e. The fourth-order valence-electron chi connectivity index (χ4n) is 3.12. The number of nitrogens with zero attached hydrogens (tertiary/aromatic N) is 2. The Hall–Kier alpha value is -2.99. The molecule has 142 valence electrons. The van der Waals surface area contributed by atoms with Gasteiger partial charge in [-0.05, 0) is 31.0 Å². The van der Waals surface area contributed by atoms with Crippen LogP contribution in [0.1, 0.15) is 37.0 Å². The molecule has 2 heterocycles. The second-order valence-corrected chi connectivity index (χ2v) is 7.49. The molecule has 0 saturated heterocycles. The molecule has 6 heteroatoms. The summed E-state index contributed by atoms with van der Waals surface area (Å²) in [5.41, 5.74) is 3.72. The number of aromatic nitrogens is 2. The van der Waals surface area contributed by atoms with Crippen LogP contribution in [0.3, 0.4) is 0 Å². The maximum absolute atomic E-state index is 12.6. The summed E-state index contributed by atoms with van der Waals surface area (Å²) in [6, 6.07) is 15.6. The van der Waals surface area contributed by atoms with Gasteiger partial charge < -0.3 is 9.84 Å². The van der Waals surface area contributed by atoms with E-state index in [1.54, 1.807) is 23.5 Å². The zero-order chi connectivity index (χ0) is 19.5. The fourth-order valence-corrected chi connectivity index (χ4v) is 3.93. The van der Waals surface area contributed by atoms with Crippen LogP contribution in [0.4, 0.5) is 0 Å². The molecule has 5 nitrogen and oxygen atoms in total. The molecule has 0 spiro atoms. The summed E-state index contributed by atoms with van der Waals surface area (Å²) < 4.78 is 5.46. The number of hydrogen-bond donors (Lipinski definition) is 1. The standard InChI is InChI=1S/C22H21N3O2S/c1-3-16(4-2)23-21(26)15-10-11-19-17(12-15)20(25-27-19)18-13-28-22(24-18)14-8-6-5-7-9-14/h5-13,16H,3-4H2,1-2H3,(H,23,26). The van der Waals surface area contributed by atoms with Crippen molar-refractivity contribution in [3.8, 4) is 22.0 Å². The Labute approximate surface area is 167 Å². The van der Waals surface area contributed by atoms with Crippen molar-refractivity contribution in [2.24, 2.45) is 0 Å². The first kappa shape index (κ1) is 18.4. The zero-order valence-corrected chi connectivity index (χ0v) is 16.6. The van der Waals surface area contributed by atoms with E-state index in [2.05, 4.69) is 24.3 Å². The molecule has 4 aromatic rings. The van der Waals surface area contributed by atoms with Crippen molar-refractivity contribution in [3.05, 3.63) is 59.5 Å². The molecular formula is C22H21N3O2S. The first-order valence-corrected chi connectivity index (χ1v) is 10.3. The number of benzene rings is 2. The second-order valence-electron chi connectivity index (χ2n) is 6.63. The van der Waals surface area contributed by atoms with Gasteiger partial charge >= 0.3 is 0 Å². The third-order valence-corrected chi connectivity index (χ3v) is 5.71. The minimum absolute atomic E-state index is 0.0778. The molecule has 0 bridgehead atoms. The lowest BCUT2D eigenvalue weighted by molar-refractivity contribution is 0.0935. The summed E-state index contributed by atoms with van der Waals surface area (Å²) in [6.45, 7) is 4.14. The van der Waals surface area contributed by atoms with E-state index in [-0.39, 0.29) is 11.9 Å². The summed E-state index contributed by atoms with van der Waals surface area (Å²) in [7, 11) is 0. The van der Waals surface area contributed by atoms with Crippen molar-refractivity contribution in [1.29, 1.82) is 0 Å². The van der Waals surface area contributed by atoms with Crippen molar-refractivity contribution >= 4 is 28.2 Å². The highest BCUT2D eigenvalue weighted by Crippen LogP contribution is 2.32. The highest BCUT2D eigenvalue weighted by molar-refractivity contribution is 7.13. The SMILES string of the molecule is CCC(CC)NC(=O)c1ccc2onc(-c3csc(-c4ccccc4)n3)c2c1. The topological polar surface area (TPSA) is 68.0 Å². The van der Waals surface area contributed by atoms with Crippen LogP contribution in [0, 0.1) is 0 Å². The molecule has 4 rings (SSSR count). The van der Waals surface area contributed by atoms with Crippen LogP contribution in [0.25, 0.3) is 32.9 Å². The Balaban J connectivity index is 1.67. The van der Waals surface area contributed by atoms with Gasteiger partial charge in [-0.25, -0.2) is 4.98 Å². The Kier molecular flexibility index (Phi) is 5.21. The molecule has 0 atom stereocenters. The Bertz CT molecular complexity index is 1100. The molecule has 1 N–H and O–H groups in total. The van der Waals surface area contributed by atoms with Crippen LogP contribution in [0.2, 0.25) is 0 Å². The number of nitrogens with one attached hydrogen (secondary N) is 1. The minimum Gasteiger partial charge on any atom is -0.356 e. The van der Waals surface area contributed by atoms with Crippen LogP contribution in [0.15, 0.2) is 58.4 Å². The average molecular weight is 391 g/mol. The summed E-state index contributed by atoms with van der Waals surface area (Å²) >= 11 is 1.56. The minimum atomic E-state index is -0.0778. The Morgan fingerprint density at radius 2 is 1.93 bits per heavy atom. The first-order chi connectivity index (χ1) is 13.7. The van der Waals surface area contributed by atoms with Crippen LogP contribution < -0.4 is 5.32 Å². The number of carbonyl (C=O) groups is 1. The number of amides is 1. The summed E-state index contributed by atoms with van der Waals surface area (Å²) in [4.78, 5) is 17.3. The molecule has 0 aliphatic carbocycles. The van der Waals surface area contributed by atoms with Crippen LogP contribution in [0.5, 0.6) is 0 Å². The van der Waals surface area contributed by atoms with E-state index >= 15 is 0 Å². The lowest BCUT2D eigenvalue weighted by atomic mass is 10.1. The number of fused-ring (bicyclic) bond motifs is 1. The first-order valence-electron chi connectivity index (χ1n) is 9.41. The van der Waals surface area contributed by atoms with E-state index < -0.39 is 0 Å². The summed E-state index contributed by atoms with van der Waals surface area (Å²) in [5.74, 6) is -0.0778. The Morgan fingerprint density at radius 1 is 1.14 bits per heavy atom. The molecule has 1 amide bonds. The molecule has 0 fully saturated rings. The van der Waals surface area contributed by atoms with E-state index in [0.717, 1.165) is 34.5 Å². The van der Waals surface area contributed by atoms with Gasteiger partial charge in [0.2, 0.25) is 0 Å². The van der Waals surface area contributed by atoms with E-state index in [4.69, 9.17) is 9.51 Å². The number of thiazole rings is 1. The van der Waals surface area contributed by atoms with Gasteiger partial charge in [0.1, 0.15) is 16.4 Å². The summed E-state index contributed by atoms with van der Waals surface area (Å²) in [6.07, 6.45) is 1.81. The van der Waals surface area contributed by atoms with Crippen LogP contribution in [-0.2, 0) is 0 Å². The molecule has 0 saturated carbocycles. The number of rotatable bonds is 6. The molecule has 2 aromatic heterocycles. The van der Waals surface area contributed by atoms with Gasteiger partial charge in [-0.3, -0.25) is 4.79 Å². The third-order valence-electron chi connectivity index (χ3n) is 4.82. The second kappa shape index (κ2) is 7.94. The van der Waals surface area contributed by atoms with Gasteiger partial charge in [0.15, 0.2) is 5.58 Å². The van der Waals surface area contributed by atoms with Crippen molar-refractivity contribution in [3.63, 3.8) is 0 Å². The molecule has 28 heavy (non-hydrogen) atoms. The van der Waals surface area contributed by atoms with E-state index in [1.165, 1.54) is 0 Å². The van der Waals surface area contributed by atoms with E-state index in [9.17, 15) is 4.79 Å². The zero-order valence-electron chi connectivity index (χ0n) is 15.8. The normalized spacial score (nSPS) is 11.2. The van der Waals surface area contributed by atoms with E-state index in [0.29, 0.717) is 16.8 Å². The van der Waals surface area contributed by atoms with Crippen molar-refractivity contribution in [1.82, 2.24) is 15.5 Å². The molecule has 0 unspecified atom stereocenters. The quantitative estimate of drug-likeness (QED) is 0.469. The monoisotopic (exact) mass is 391 g/mol. The molecule has 0 aliphatic rings. The predicted octanol–water partition coefficient (Wildman–Crippen LogP) is 5.54. The predicted molar refractivity (Wildman–Crippen MR) is 112 cm³/mol. The van der Waals surface area contributed by atoms with Crippen LogP contribution in [-0.4, -0.2) is 22.1 Å². The Morgan fingerprint density at radius 3 is 2.68 bits per heavy atom. The van der Waals surface area contributed by atoms with Gasteiger partial charge in [-0.15, -0.1) is 11.3 Å². The number of carbonyl (C=O) groups excluding carboxylic acids is 1. The maximum atomic E-state index is 12.6. The van der Waals surface area contributed by atoms with Gasteiger partial charge in [-0.2, -0.15) is 0 Å². The van der Waals surface area contributed by atoms with Crippen molar-refractivity contribution in [2.45, 2.75) is 32.7 Å². The third kappa shape index (κ3) is 3.55. The van der Waals surface area contributed by atoms with Gasteiger partial charge in [0, 0.05) is 22.5 Å². The maximum Gasteiger partial charge on any atom is 0.251 e. The van der Waals surface area contributed by atoms with Crippen LogP contribution >= 0.6 is 11.3 Å². The average Bonchev–Trinajstić information content (AvgIpc) is 3.38. The van der Waals surface area contributed by atoms with Crippen molar-refractivity contribution < 1.29 is 9.32 Å². The number of hydrogen-bond acceptors (Lipinski definition) is 5. The highest BCUT2D eigenvalue weighted by atomic mass is 32.1. The molecular weight excluding hydrogens is 370 g/mol. The molecule has 2 aromatic carbocycles. The van der Waals surface area contributed by atoms with Gasteiger partial charge in [-0.1, -0.05) is 49.3 Å². The fraction of sp³-hybridized carbons (Fsp3) is 0.227. The van der Waals surface area contributed by atoms with E-state index in [1.807, 2.05) is 41.8 Å². The molecule has 0 aliphatic heterocycles. The lowest BCUT2D eigenvalue weighted by Crippen LogP contribution is -2.33. The molecule has 0 radical (unpaired) electrons. The van der Waals surface area contributed by atoms with Gasteiger partial charge in [0.05, 0.1) is 5.39 Å².